The van der Waals surface area contributed by atoms with Crippen LogP contribution in [-0.2, 0) is 6.54 Å². The lowest BCUT2D eigenvalue weighted by Crippen LogP contribution is -2.31. The van der Waals surface area contributed by atoms with E-state index >= 15 is 0 Å². The molecule has 0 saturated heterocycles. The second-order valence-electron chi connectivity index (χ2n) is 10.1. The van der Waals surface area contributed by atoms with Gasteiger partial charge in [-0.1, -0.05) is 39.5 Å². The van der Waals surface area contributed by atoms with Crippen LogP contribution < -0.4 is 4.74 Å². The third-order valence-electron chi connectivity index (χ3n) is 5.85. The van der Waals surface area contributed by atoms with Crippen LogP contribution in [-0.4, -0.2) is 51.2 Å². The van der Waals surface area contributed by atoms with E-state index in [1.54, 1.807) is 7.11 Å². The molecule has 3 heterocycles. The van der Waals surface area contributed by atoms with E-state index in [1.807, 2.05) is 27.0 Å². The fourth-order valence-corrected chi connectivity index (χ4v) is 4.59. The minimum atomic E-state index is 0.601. The number of hydrogen-bond donors (Lipinski definition) is 0. The minimum absolute atomic E-state index is 0.601. The number of fused-ring (bicyclic) bond motifs is 1. The molecule has 0 bridgehead atoms. The first-order valence-electron chi connectivity index (χ1n) is 12.1. The van der Waals surface area contributed by atoms with Gasteiger partial charge in [0.1, 0.15) is 17.2 Å². The van der Waals surface area contributed by atoms with Gasteiger partial charge in [-0.25, -0.2) is 9.97 Å². The first kappa shape index (κ1) is 25.7. The highest BCUT2D eigenvalue weighted by molar-refractivity contribution is 5.86. The van der Waals surface area contributed by atoms with Crippen molar-refractivity contribution in [1.29, 1.82) is 0 Å². The summed E-state index contributed by atoms with van der Waals surface area (Å²) in [4.78, 5) is 16.5. The molecule has 0 aliphatic heterocycles. The van der Waals surface area contributed by atoms with Gasteiger partial charge in [-0.3, -0.25) is 9.88 Å². The fraction of sp³-hybridized carbons (Fsp3) is 0.536. The van der Waals surface area contributed by atoms with E-state index in [-0.39, 0.29) is 0 Å². The van der Waals surface area contributed by atoms with E-state index in [2.05, 4.69) is 67.1 Å². The molecule has 0 atom stereocenters. The summed E-state index contributed by atoms with van der Waals surface area (Å²) in [6.45, 7) is 20.5. The van der Waals surface area contributed by atoms with Gasteiger partial charge in [-0.05, 0) is 39.5 Å². The largest absolute Gasteiger partial charge is 0.496 e. The Bertz CT molecular complexity index is 1200. The average Bonchev–Trinajstić information content (AvgIpc) is 3.07. The number of methoxy groups -OCH3 is 1. The highest BCUT2D eigenvalue weighted by Gasteiger charge is 2.16. The highest BCUT2D eigenvalue weighted by Crippen LogP contribution is 2.27. The van der Waals surface area contributed by atoms with E-state index in [0.717, 1.165) is 70.3 Å². The molecule has 0 fully saturated rings. The van der Waals surface area contributed by atoms with Crippen molar-refractivity contribution < 1.29 is 4.74 Å². The Morgan fingerprint density at radius 3 is 2.32 bits per heavy atom. The molecule has 182 valence electrons. The molecule has 0 saturated carbocycles. The molecule has 34 heavy (non-hydrogen) atoms. The summed E-state index contributed by atoms with van der Waals surface area (Å²) in [7, 11) is 1.71. The Morgan fingerprint density at radius 2 is 1.71 bits per heavy atom. The summed E-state index contributed by atoms with van der Waals surface area (Å²) in [5.74, 6) is 9.75. The van der Waals surface area contributed by atoms with Crippen LogP contribution in [0.2, 0.25) is 0 Å². The molecule has 0 amide bonds. The third-order valence-corrected chi connectivity index (χ3v) is 5.85. The molecule has 6 heteroatoms. The van der Waals surface area contributed by atoms with E-state index in [9.17, 15) is 0 Å². The molecule has 0 aliphatic carbocycles. The van der Waals surface area contributed by atoms with Gasteiger partial charge < -0.3 is 9.30 Å². The summed E-state index contributed by atoms with van der Waals surface area (Å²) in [6, 6.07) is 0. The predicted molar refractivity (Wildman–Crippen MR) is 139 cm³/mol. The van der Waals surface area contributed by atoms with Crippen LogP contribution in [0.25, 0.3) is 11.0 Å². The van der Waals surface area contributed by atoms with Crippen LogP contribution in [0, 0.1) is 51.4 Å². The molecule has 3 aromatic rings. The normalized spacial score (nSPS) is 11.5. The zero-order valence-corrected chi connectivity index (χ0v) is 22.3. The van der Waals surface area contributed by atoms with Crippen LogP contribution in [0.3, 0.4) is 0 Å². The van der Waals surface area contributed by atoms with Gasteiger partial charge >= 0.3 is 0 Å². The van der Waals surface area contributed by atoms with Gasteiger partial charge in [0.2, 0.25) is 0 Å². The fourth-order valence-electron chi connectivity index (χ4n) is 4.59. The van der Waals surface area contributed by atoms with Gasteiger partial charge in [-0.2, -0.15) is 0 Å². The van der Waals surface area contributed by atoms with Crippen LogP contribution in [0.1, 0.15) is 61.6 Å². The maximum Gasteiger partial charge on any atom is 0.145 e. The predicted octanol–water partition coefficient (Wildman–Crippen LogP) is 5.08. The number of aryl methyl sites for hydroxylation is 3. The molecule has 3 aromatic heterocycles. The Hall–Kier alpha value is -2.91. The molecule has 0 spiro atoms. The summed E-state index contributed by atoms with van der Waals surface area (Å²) in [5, 5.41) is 1.02. The van der Waals surface area contributed by atoms with Crippen molar-refractivity contribution in [2.45, 2.75) is 61.9 Å². The molecule has 0 N–H and O–H groups in total. The molecule has 3 rings (SSSR count). The molecule has 0 unspecified atom stereocenters. The van der Waals surface area contributed by atoms with E-state index < -0.39 is 0 Å². The molecule has 0 radical (unpaired) electrons. The Morgan fingerprint density at radius 1 is 1.03 bits per heavy atom. The maximum absolute atomic E-state index is 5.61. The smallest absolute Gasteiger partial charge is 0.145 e. The average molecular weight is 462 g/mol. The number of aromatic nitrogens is 4. The van der Waals surface area contributed by atoms with Crippen molar-refractivity contribution in [3.8, 4) is 17.6 Å². The zero-order chi connectivity index (χ0) is 25.0. The van der Waals surface area contributed by atoms with Crippen molar-refractivity contribution in [1.82, 2.24) is 24.4 Å². The lowest BCUT2D eigenvalue weighted by Gasteiger charge is -2.23. The van der Waals surface area contributed by atoms with Crippen LogP contribution in [0.4, 0.5) is 0 Å². The van der Waals surface area contributed by atoms with Crippen LogP contribution in [0.5, 0.6) is 5.75 Å². The summed E-state index contributed by atoms with van der Waals surface area (Å²) in [6.07, 6.45) is 3.97. The van der Waals surface area contributed by atoms with Gasteiger partial charge in [0.15, 0.2) is 0 Å². The molecular formula is C28H39N5O. The quantitative estimate of drug-likeness (QED) is 0.438. The second-order valence-corrected chi connectivity index (χ2v) is 10.1. The molecular weight excluding hydrogens is 422 g/mol. The molecule has 0 aliphatic rings. The first-order valence-corrected chi connectivity index (χ1v) is 12.1. The number of ether oxygens (including phenoxy) is 1. The first-order chi connectivity index (χ1) is 16.1. The van der Waals surface area contributed by atoms with Crippen LogP contribution in [0.15, 0.2) is 12.4 Å². The molecule has 0 aromatic carbocycles. The van der Waals surface area contributed by atoms with E-state index in [1.165, 1.54) is 0 Å². The van der Waals surface area contributed by atoms with Gasteiger partial charge in [0, 0.05) is 36.6 Å². The highest BCUT2D eigenvalue weighted by atomic mass is 16.5. The number of rotatable bonds is 8. The number of hydrogen-bond acceptors (Lipinski definition) is 5. The maximum atomic E-state index is 5.61. The summed E-state index contributed by atoms with van der Waals surface area (Å²) in [5.41, 5.74) is 5.88. The lowest BCUT2D eigenvalue weighted by atomic mass is 10.1. The lowest BCUT2D eigenvalue weighted by molar-refractivity contribution is 0.244. The van der Waals surface area contributed by atoms with Crippen molar-refractivity contribution >= 4 is 11.0 Å². The Kier molecular flexibility index (Phi) is 8.33. The zero-order valence-electron chi connectivity index (χ0n) is 22.3. The number of nitrogens with zero attached hydrogens (tertiary/aromatic N) is 5. The van der Waals surface area contributed by atoms with E-state index in [0.29, 0.717) is 18.4 Å². The van der Waals surface area contributed by atoms with Crippen molar-refractivity contribution in [3.63, 3.8) is 0 Å². The van der Waals surface area contributed by atoms with E-state index in [4.69, 9.17) is 14.7 Å². The summed E-state index contributed by atoms with van der Waals surface area (Å²) >= 11 is 0. The minimum Gasteiger partial charge on any atom is -0.496 e. The van der Waals surface area contributed by atoms with Crippen molar-refractivity contribution in [3.05, 3.63) is 46.3 Å². The monoisotopic (exact) mass is 461 g/mol. The van der Waals surface area contributed by atoms with Gasteiger partial charge in [-0.15, -0.1) is 0 Å². The Labute approximate surface area is 204 Å². The second kappa shape index (κ2) is 11.0. The Balaban J connectivity index is 2.00. The topological polar surface area (TPSA) is 56.1 Å². The SMILES string of the molecule is COc1c(C)cnc(Cn2cc(C#CCN(CC(C)C)CC(C)C)c3c(C)nc(C)nc32)c1C. The number of pyridine rings is 1. The van der Waals surface area contributed by atoms with Gasteiger partial charge in [0.25, 0.3) is 0 Å². The van der Waals surface area contributed by atoms with Gasteiger partial charge in [0.05, 0.1) is 42.5 Å². The van der Waals surface area contributed by atoms with Crippen molar-refractivity contribution in [2.24, 2.45) is 11.8 Å². The molecule has 6 nitrogen and oxygen atoms in total. The standard InChI is InChI=1S/C28H39N5O/c1-18(2)14-32(15-19(3)4)12-10-11-24-16-33(28-26(24)22(7)30-23(8)31-28)17-25-21(6)27(34-9)20(5)13-29-25/h13,16,18-19H,12,14-15,17H2,1-9H3. The van der Waals surface area contributed by atoms with Crippen molar-refractivity contribution in [2.75, 3.05) is 26.7 Å². The van der Waals surface area contributed by atoms with Crippen LogP contribution >= 0.6 is 0 Å². The third kappa shape index (κ3) is 5.95. The summed E-state index contributed by atoms with van der Waals surface area (Å²) < 4.78 is 7.76.